The second-order valence-corrected chi connectivity index (χ2v) is 5.62. The van der Waals surface area contributed by atoms with Crippen LogP contribution in [0.15, 0.2) is 54.6 Å². The van der Waals surface area contributed by atoms with Crippen molar-refractivity contribution in [3.63, 3.8) is 0 Å². The van der Waals surface area contributed by atoms with E-state index in [1.165, 1.54) is 24.3 Å². The molecule has 2 aromatic rings. The second-order valence-electron chi connectivity index (χ2n) is 5.62. The molecule has 5 heteroatoms. The molecule has 23 heavy (non-hydrogen) atoms. The number of esters is 1. The van der Waals surface area contributed by atoms with Gasteiger partial charge in [0.15, 0.2) is 6.61 Å². The molecule has 120 valence electrons. The standard InChI is InChI=1S/C18H18FNO3/c1-18(2,13-6-4-3-5-7-13)17(22)23-12-16(21)20-15-10-8-14(19)9-11-15/h3-11H,12H2,1-2H3,(H,20,21). The Kier molecular flexibility index (Phi) is 5.11. The monoisotopic (exact) mass is 315 g/mol. The first-order valence-corrected chi connectivity index (χ1v) is 7.18. The molecule has 2 aromatic carbocycles. The number of rotatable bonds is 5. The third kappa shape index (κ3) is 4.39. The summed E-state index contributed by atoms with van der Waals surface area (Å²) in [7, 11) is 0. The summed E-state index contributed by atoms with van der Waals surface area (Å²) >= 11 is 0. The Hall–Kier alpha value is -2.69. The Morgan fingerprint density at radius 3 is 2.26 bits per heavy atom. The van der Waals surface area contributed by atoms with E-state index in [1.807, 2.05) is 30.3 Å². The molecule has 0 aromatic heterocycles. The Balaban J connectivity index is 1.91. The van der Waals surface area contributed by atoms with Gasteiger partial charge >= 0.3 is 5.97 Å². The quantitative estimate of drug-likeness (QED) is 0.862. The highest BCUT2D eigenvalue weighted by Crippen LogP contribution is 2.24. The molecule has 0 aliphatic heterocycles. The molecule has 1 N–H and O–H groups in total. The third-order valence-corrected chi connectivity index (χ3v) is 3.47. The molecule has 0 atom stereocenters. The van der Waals surface area contributed by atoms with Gasteiger partial charge in [-0.2, -0.15) is 0 Å². The number of hydrogen-bond acceptors (Lipinski definition) is 3. The van der Waals surface area contributed by atoms with Gasteiger partial charge in [-0.3, -0.25) is 9.59 Å². The fourth-order valence-corrected chi connectivity index (χ4v) is 2.01. The van der Waals surface area contributed by atoms with Gasteiger partial charge in [0, 0.05) is 5.69 Å². The normalized spacial score (nSPS) is 10.9. The van der Waals surface area contributed by atoms with Crippen molar-refractivity contribution in [1.29, 1.82) is 0 Å². The van der Waals surface area contributed by atoms with Crippen LogP contribution in [-0.2, 0) is 19.7 Å². The number of amides is 1. The van der Waals surface area contributed by atoms with Crippen LogP contribution in [0.3, 0.4) is 0 Å². The van der Waals surface area contributed by atoms with Crippen LogP contribution in [0, 0.1) is 5.82 Å². The number of anilines is 1. The maximum Gasteiger partial charge on any atom is 0.316 e. The van der Waals surface area contributed by atoms with Gasteiger partial charge in [0.1, 0.15) is 5.82 Å². The first-order chi connectivity index (χ1) is 10.9. The van der Waals surface area contributed by atoms with E-state index in [1.54, 1.807) is 13.8 Å². The highest BCUT2D eigenvalue weighted by Gasteiger charge is 2.31. The Labute approximate surface area is 134 Å². The van der Waals surface area contributed by atoms with E-state index in [-0.39, 0.29) is 5.82 Å². The zero-order valence-electron chi connectivity index (χ0n) is 13.0. The maximum atomic E-state index is 12.8. The average molecular weight is 315 g/mol. The molecule has 4 nitrogen and oxygen atoms in total. The van der Waals surface area contributed by atoms with Gasteiger partial charge in [-0.15, -0.1) is 0 Å². The Morgan fingerprint density at radius 1 is 1.04 bits per heavy atom. The molecule has 0 radical (unpaired) electrons. The van der Waals surface area contributed by atoms with E-state index in [0.29, 0.717) is 5.69 Å². The van der Waals surface area contributed by atoms with Crippen LogP contribution in [0.5, 0.6) is 0 Å². The van der Waals surface area contributed by atoms with Crippen molar-refractivity contribution in [2.45, 2.75) is 19.3 Å². The van der Waals surface area contributed by atoms with Crippen molar-refractivity contribution in [3.8, 4) is 0 Å². The number of ether oxygens (including phenoxy) is 1. The average Bonchev–Trinajstić information content (AvgIpc) is 2.55. The molecule has 0 aliphatic carbocycles. The van der Waals surface area contributed by atoms with Gasteiger partial charge in [0.25, 0.3) is 5.91 Å². The highest BCUT2D eigenvalue weighted by atomic mass is 19.1. The van der Waals surface area contributed by atoms with Gasteiger partial charge in [-0.25, -0.2) is 4.39 Å². The lowest BCUT2D eigenvalue weighted by atomic mass is 9.85. The van der Waals surface area contributed by atoms with Crippen molar-refractivity contribution in [2.24, 2.45) is 0 Å². The summed E-state index contributed by atoms with van der Waals surface area (Å²) < 4.78 is 17.9. The van der Waals surface area contributed by atoms with E-state index < -0.39 is 23.9 Å². The molecule has 0 aliphatic rings. The van der Waals surface area contributed by atoms with Gasteiger partial charge < -0.3 is 10.1 Å². The molecule has 2 rings (SSSR count). The van der Waals surface area contributed by atoms with Crippen molar-refractivity contribution in [1.82, 2.24) is 0 Å². The van der Waals surface area contributed by atoms with E-state index in [2.05, 4.69) is 5.32 Å². The van der Waals surface area contributed by atoms with Crippen LogP contribution in [0.2, 0.25) is 0 Å². The molecule has 0 unspecified atom stereocenters. The van der Waals surface area contributed by atoms with Crippen LogP contribution in [-0.4, -0.2) is 18.5 Å². The zero-order chi connectivity index (χ0) is 16.9. The lowest BCUT2D eigenvalue weighted by Gasteiger charge is -2.22. The largest absolute Gasteiger partial charge is 0.455 e. The highest BCUT2D eigenvalue weighted by molar-refractivity contribution is 5.93. The van der Waals surface area contributed by atoms with Crippen LogP contribution in [0.4, 0.5) is 10.1 Å². The summed E-state index contributed by atoms with van der Waals surface area (Å²) in [4.78, 5) is 24.0. The SMILES string of the molecule is CC(C)(C(=O)OCC(=O)Nc1ccc(F)cc1)c1ccccc1. The molecular formula is C18H18FNO3. The Bertz CT molecular complexity index is 681. The minimum absolute atomic E-state index is 0.390. The number of benzene rings is 2. The summed E-state index contributed by atoms with van der Waals surface area (Å²) in [6.45, 7) is 3.08. The van der Waals surface area contributed by atoms with Crippen molar-refractivity contribution >= 4 is 17.6 Å². The molecule has 1 amide bonds. The lowest BCUT2D eigenvalue weighted by Crippen LogP contribution is -2.33. The number of carbonyl (C=O) groups excluding carboxylic acids is 2. The van der Waals surface area contributed by atoms with Gasteiger partial charge in [-0.05, 0) is 43.7 Å². The van der Waals surface area contributed by atoms with Crippen molar-refractivity contribution < 1.29 is 18.7 Å². The van der Waals surface area contributed by atoms with Gasteiger partial charge in [0.2, 0.25) is 0 Å². The molecule has 0 fully saturated rings. The topological polar surface area (TPSA) is 55.4 Å². The number of halogens is 1. The summed E-state index contributed by atoms with van der Waals surface area (Å²) in [5.74, 6) is -1.36. The summed E-state index contributed by atoms with van der Waals surface area (Å²) in [6, 6.07) is 14.5. The summed E-state index contributed by atoms with van der Waals surface area (Å²) in [6.07, 6.45) is 0. The van der Waals surface area contributed by atoms with Crippen LogP contribution in [0.25, 0.3) is 0 Å². The number of hydrogen-bond donors (Lipinski definition) is 1. The lowest BCUT2D eigenvalue weighted by molar-refractivity contribution is -0.152. The predicted octanol–water partition coefficient (Wildman–Crippen LogP) is 3.29. The van der Waals surface area contributed by atoms with Crippen LogP contribution < -0.4 is 5.32 Å². The van der Waals surface area contributed by atoms with E-state index in [0.717, 1.165) is 5.56 Å². The van der Waals surface area contributed by atoms with E-state index in [9.17, 15) is 14.0 Å². The van der Waals surface area contributed by atoms with Gasteiger partial charge in [0.05, 0.1) is 5.41 Å². The number of nitrogens with one attached hydrogen (secondary N) is 1. The molecular weight excluding hydrogens is 297 g/mol. The minimum Gasteiger partial charge on any atom is -0.455 e. The van der Waals surface area contributed by atoms with Crippen molar-refractivity contribution in [3.05, 3.63) is 66.0 Å². The van der Waals surface area contributed by atoms with Crippen LogP contribution >= 0.6 is 0 Å². The Morgan fingerprint density at radius 2 is 1.65 bits per heavy atom. The first-order valence-electron chi connectivity index (χ1n) is 7.18. The summed E-state index contributed by atoms with van der Waals surface area (Å²) in [5.41, 5.74) is 0.399. The summed E-state index contributed by atoms with van der Waals surface area (Å²) in [5, 5.41) is 2.53. The molecule has 0 spiro atoms. The smallest absolute Gasteiger partial charge is 0.316 e. The third-order valence-electron chi connectivity index (χ3n) is 3.47. The zero-order valence-corrected chi connectivity index (χ0v) is 13.0. The fraction of sp³-hybridized carbons (Fsp3) is 0.222. The van der Waals surface area contributed by atoms with Crippen molar-refractivity contribution in [2.75, 3.05) is 11.9 Å². The predicted molar refractivity (Wildman–Crippen MR) is 85.5 cm³/mol. The molecule has 0 heterocycles. The maximum absolute atomic E-state index is 12.8. The fourth-order valence-electron chi connectivity index (χ4n) is 2.01. The number of carbonyl (C=O) groups is 2. The minimum atomic E-state index is -0.850. The molecule has 0 saturated carbocycles. The van der Waals surface area contributed by atoms with Gasteiger partial charge in [-0.1, -0.05) is 30.3 Å². The molecule has 0 saturated heterocycles. The first kappa shape index (κ1) is 16.7. The molecule has 0 bridgehead atoms. The second kappa shape index (κ2) is 7.05. The van der Waals surface area contributed by atoms with E-state index >= 15 is 0 Å². The van der Waals surface area contributed by atoms with E-state index in [4.69, 9.17) is 4.74 Å². The van der Waals surface area contributed by atoms with Crippen LogP contribution in [0.1, 0.15) is 19.4 Å².